The first-order valence-electron chi connectivity index (χ1n) is 8.54. The fourth-order valence-corrected chi connectivity index (χ4v) is 4.05. The van der Waals surface area contributed by atoms with Crippen LogP contribution in [0.25, 0.3) is 10.2 Å². The number of hydrogen-bond donors (Lipinski definition) is 0. The highest BCUT2D eigenvalue weighted by atomic mass is 35.5. The minimum absolute atomic E-state index is 0.106. The molecule has 1 aromatic heterocycles. The largest absolute Gasteiger partial charge is 0.309 e. The van der Waals surface area contributed by atoms with Crippen molar-refractivity contribution < 1.29 is 4.79 Å². The minimum Gasteiger partial charge on any atom is -0.309 e. The van der Waals surface area contributed by atoms with Crippen molar-refractivity contribution in [1.29, 1.82) is 0 Å². The number of benzene rings is 2. The third kappa shape index (κ3) is 4.23. The predicted molar refractivity (Wildman–Crippen MR) is 111 cm³/mol. The third-order valence-corrected chi connectivity index (χ3v) is 5.47. The molecule has 6 heteroatoms. The molecule has 1 heterocycles. The molecule has 0 atom stereocenters. The lowest BCUT2D eigenvalue weighted by Gasteiger charge is -2.21. The number of thiazole rings is 1. The maximum Gasteiger partial charge on any atom is 0.261 e. The highest BCUT2D eigenvalue weighted by Crippen LogP contribution is 2.31. The Bertz CT molecular complexity index is 922. The maximum atomic E-state index is 13.2. The van der Waals surface area contributed by atoms with E-state index in [0.717, 1.165) is 23.2 Å². The fraction of sp³-hybridized carbons (Fsp3) is 0.300. The number of carbonyl (C=O) groups is 1. The van der Waals surface area contributed by atoms with E-state index >= 15 is 0 Å². The molecule has 0 aliphatic carbocycles. The molecule has 3 aromatic rings. The van der Waals surface area contributed by atoms with Gasteiger partial charge in [-0.05, 0) is 63.8 Å². The van der Waals surface area contributed by atoms with Crippen molar-refractivity contribution >= 4 is 44.2 Å². The number of amides is 1. The van der Waals surface area contributed by atoms with Gasteiger partial charge in [0.05, 0.1) is 20.8 Å². The van der Waals surface area contributed by atoms with Crippen molar-refractivity contribution in [1.82, 2.24) is 9.88 Å². The molecule has 0 fully saturated rings. The second-order valence-electron chi connectivity index (χ2n) is 6.56. The van der Waals surface area contributed by atoms with E-state index in [1.54, 1.807) is 28.4 Å². The lowest BCUT2D eigenvalue weighted by atomic mass is 10.2. The van der Waals surface area contributed by atoms with Crippen LogP contribution in [0.4, 0.5) is 5.13 Å². The van der Waals surface area contributed by atoms with Crippen LogP contribution in [0.1, 0.15) is 22.3 Å². The first-order valence-corrected chi connectivity index (χ1v) is 9.73. The first kappa shape index (κ1) is 18.8. The molecule has 0 unspecified atom stereocenters. The van der Waals surface area contributed by atoms with Crippen molar-refractivity contribution in [2.45, 2.75) is 13.3 Å². The summed E-state index contributed by atoms with van der Waals surface area (Å²) in [5.74, 6) is -0.106. The van der Waals surface area contributed by atoms with Gasteiger partial charge in [-0.1, -0.05) is 41.1 Å². The van der Waals surface area contributed by atoms with Gasteiger partial charge in [-0.2, -0.15) is 0 Å². The lowest BCUT2D eigenvalue weighted by molar-refractivity contribution is 0.0986. The molecule has 0 N–H and O–H groups in total. The van der Waals surface area contributed by atoms with Crippen LogP contribution >= 0.6 is 22.9 Å². The monoisotopic (exact) mass is 387 g/mol. The predicted octanol–water partition coefficient (Wildman–Crippen LogP) is 4.86. The SMILES string of the molecule is Cc1ccc2nc(N(CCCN(C)C)C(=O)c3ccccc3Cl)sc2c1. The van der Waals surface area contributed by atoms with Gasteiger partial charge in [-0.25, -0.2) is 4.98 Å². The Morgan fingerprint density at radius 3 is 2.65 bits per heavy atom. The quantitative estimate of drug-likeness (QED) is 0.606. The van der Waals surface area contributed by atoms with Crippen LogP contribution in [-0.4, -0.2) is 43.0 Å². The second kappa shape index (κ2) is 8.16. The number of aryl methyl sites for hydroxylation is 1. The number of carbonyl (C=O) groups excluding carboxylic acids is 1. The van der Waals surface area contributed by atoms with Crippen LogP contribution in [0.5, 0.6) is 0 Å². The number of halogens is 1. The normalized spacial score (nSPS) is 11.3. The highest BCUT2D eigenvalue weighted by molar-refractivity contribution is 7.22. The van der Waals surface area contributed by atoms with E-state index in [1.165, 1.54) is 5.56 Å². The Balaban J connectivity index is 1.96. The average molecular weight is 388 g/mol. The van der Waals surface area contributed by atoms with Gasteiger partial charge in [0, 0.05) is 6.54 Å². The van der Waals surface area contributed by atoms with Crippen LogP contribution in [0.2, 0.25) is 5.02 Å². The topological polar surface area (TPSA) is 36.4 Å². The molecule has 0 saturated carbocycles. The van der Waals surface area contributed by atoms with Gasteiger partial charge in [0.15, 0.2) is 5.13 Å². The standard InChI is InChI=1S/C20H22ClN3OS/c1-14-9-10-17-18(13-14)26-20(22-17)24(12-6-11-23(2)3)19(25)15-7-4-5-8-16(15)21/h4-5,7-10,13H,6,11-12H2,1-3H3. The van der Waals surface area contributed by atoms with Gasteiger partial charge in [0.1, 0.15) is 0 Å². The number of hydrogen-bond acceptors (Lipinski definition) is 4. The summed E-state index contributed by atoms with van der Waals surface area (Å²) in [6.45, 7) is 3.56. The molecule has 0 spiro atoms. The zero-order valence-corrected chi connectivity index (χ0v) is 16.8. The maximum absolute atomic E-state index is 13.2. The lowest BCUT2D eigenvalue weighted by Crippen LogP contribution is -2.33. The Labute approximate surface area is 163 Å². The average Bonchev–Trinajstić information content (AvgIpc) is 3.01. The van der Waals surface area contributed by atoms with E-state index in [9.17, 15) is 4.79 Å². The summed E-state index contributed by atoms with van der Waals surface area (Å²) in [5, 5.41) is 1.18. The van der Waals surface area contributed by atoms with Crippen LogP contribution in [-0.2, 0) is 0 Å². The number of nitrogens with zero attached hydrogens (tertiary/aromatic N) is 3. The summed E-state index contributed by atoms with van der Waals surface area (Å²) in [5.41, 5.74) is 2.61. The summed E-state index contributed by atoms with van der Waals surface area (Å²) in [4.78, 5) is 21.7. The van der Waals surface area contributed by atoms with Crippen LogP contribution < -0.4 is 4.90 Å². The van der Waals surface area contributed by atoms with Gasteiger partial charge in [0.25, 0.3) is 5.91 Å². The molecule has 0 radical (unpaired) electrons. The van der Waals surface area contributed by atoms with Gasteiger partial charge in [-0.3, -0.25) is 9.69 Å². The fourth-order valence-electron chi connectivity index (χ4n) is 2.74. The molecule has 26 heavy (non-hydrogen) atoms. The summed E-state index contributed by atoms with van der Waals surface area (Å²) < 4.78 is 1.09. The molecule has 0 saturated heterocycles. The third-order valence-electron chi connectivity index (χ3n) is 4.10. The smallest absolute Gasteiger partial charge is 0.261 e. The Morgan fingerprint density at radius 1 is 1.15 bits per heavy atom. The highest BCUT2D eigenvalue weighted by Gasteiger charge is 2.22. The zero-order chi connectivity index (χ0) is 18.7. The molecule has 0 bridgehead atoms. The van der Waals surface area contributed by atoms with Gasteiger partial charge in [-0.15, -0.1) is 0 Å². The molecular formula is C20H22ClN3OS. The first-order chi connectivity index (χ1) is 12.5. The van der Waals surface area contributed by atoms with Crippen LogP contribution in [0.3, 0.4) is 0 Å². The zero-order valence-electron chi connectivity index (χ0n) is 15.2. The van der Waals surface area contributed by atoms with E-state index in [0.29, 0.717) is 22.3 Å². The van der Waals surface area contributed by atoms with Crippen molar-refractivity contribution in [2.24, 2.45) is 0 Å². The van der Waals surface area contributed by atoms with Crippen LogP contribution in [0.15, 0.2) is 42.5 Å². The van der Waals surface area contributed by atoms with Gasteiger partial charge < -0.3 is 4.90 Å². The minimum atomic E-state index is -0.106. The Kier molecular flexibility index (Phi) is 5.91. The van der Waals surface area contributed by atoms with Crippen molar-refractivity contribution in [3.8, 4) is 0 Å². The molecule has 1 amide bonds. The number of fused-ring (bicyclic) bond motifs is 1. The molecule has 2 aromatic carbocycles. The molecular weight excluding hydrogens is 366 g/mol. The van der Waals surface area contributed by atoms with Gasteiger partial charge in [0.2, 0.25) is 0 Å². The molecule has 4 nitrogen and oxygen atoms in total. The number of rotatable bonds is 6. The van der Waals surface area contributed by atoms with E-state index in [-0.39, 0.29) is 5.91 Å². The van der Waals surface area contributed by atoms with Crippen molar-refractivity contribution in [3.63, 3.8) is 0 Å². The van der Waals surface area contributed by atoms with E-state index in [4.69, 9.17) is 16.6 Å². The second-order valence-corrected chi connectivity index (χ2v) is 7.98. The van der Waals surface area contributed by atoms with E-state index < -0.39 is 0 Å². The van der Waals surface area contributed by atoms with Crippen molar-refractivity contribution in [3.05, 3.63) is 58.6 Å². The Morgan fingerprint density at radius 2 is 1.92 bits per heavy atom. The summed E-state index contributed by atoms with van der Waals surface area (Å²) in [7, 11) is 4.06. The van der Waals surface area contributed by atoms with E-state index in [1.807, 2.05) is 38.4 Å². The van der Waals surface area contributed by atoms with Crippen LogP contribution in [0, 0.1) is 6.92 Å². The number of anilines is 1. The molecule has 3 rings (SSSR count). The Hall–Kier alpha value is -1.95. The molecule has 136 valence electrons. The molecule has 0 aliphatic rings. The summed E-state index contributed by atoms with van der Waals surface area (Å²) >= 11 is 7.81. The van der Waals surface area contributed by atoms with Crippen molar-refractivity contribution in [2.75, 3.05) is 32.1 Å². The van der Waals surface area contributed by atoms with Gasteiger partial charge >= 0.3 is 0 Å². The summed E-state index contributed by atoms with van der Waals surface area (Å²) in [6, 6.07) is 13.3. The van der Waals surface area contributed by atoms with E-state index in [2.05, 4.69) is 17.9 Å². The molecule has 0 aliphatic heterocycles. The number of aromatic nitrogens is 1. The summed E-state index contributed by atoms with van der Waals surface area (Å²) in [6.07, 6.45) is 0.859.